The van der Waals surface area contributed by atoms with E-state index in [9.17, 15) is 4.79 Å². The number of rotatable bonds is 4. The molecule has 0 unspecified atom stereocenters. The van der Waals surface area contributed by atoms with Crippen molar-refractivity contribution in [2.24, 2.45) is 5.92 Å². The lowest BCUT2D eigenvalue weighted by atomic mass is 9.95. The topological polar surface area (TPSA) is 23.6 Å². The van der Waals surface area contributed by atoms with Crippen LogP contribution in [0.3, 0.4) is 0 Å². The molecule has 25 heavy (non-hydrogen) atoms. The molecule has 2 fully saturated rings. The Bertz CT molecular complexity index is 588. The highest BCUT2D eigenvalue weighted by molar-refractivity contribution is 5.78. The number of nitrogens with zero attached hydrogens (tertiary/aromatic N) is 2. The summed E-state index contributed by atoms with van der Waals surface area (Å²) in [5, 5.41) is 0. The third-order valence-corrected chi connectivity index (χ3v) is 5.50. The highest BCUT2D eigenvalue weighted by Crippen LogP contribution is 2.21. The van der Waals surface area contributed by atoms with E-state index in [1.165, 1.54) is 36.0 Å². The van der Waals surface area contributed by atoms with Crippen molar-refractivity contribution in [3.05, 3.63) is 41.0 Å². The summed E-state index contributed by atoms with van der Waals surface area (Å²) in [4.78, 5) is 16.9. The molecule has 3 heteroatoms. The summed E-state index contributed by atoms with van der Waals surface area (Å²) in [6.07, 6.45) is 10.6. The lowest BCUT2D eigenvalue weighted by molar-refractivity contribution is -0.133. The number of hydrogen-bond donors (Lipinski definition) is 0. The van der Waals surface area contributed by atoms with Crippen molar-refractivity contribution in [2.45, 2.75) is 46.0 Å². The van der Waals surface area contributed by atoms with Crippen LogP contribution in [0.1, 0.15) is 48.8 Å². The Hall–Kier alpha value is -1.61. The summed E-state index contributed by atoms with van der Waals surface area (Å²) in [5.41, 5.74) is 3.93. The number of likely N-dealkylation sites (tertiary alicyclic amines) is 2. The second kappa shape index (κ2) is 8.66. The van der Waals surface area contributed by atoms with E-state index in [0.29, 0.717) is 18.4 Å². The molecule has 0 aromatic heterocycles. The molecule has 0 atom stereocenters. The van der Waals surface area contributed by atoms with E-state index in [2.05, 4.69) is 54.0 Å². The van der Waals surface area contributed by atoms with Crippen LogP contribution in [-0.2, 0) is 4.79 Å². The summed E-state index contributed by atoms with van der Waals surface area (Å²) in [7, 11) is 0. The second-order valence-corrected chi connectivity index (χ2v) is 7.84. The van der Waals surface area contributed by atoms with E-state index >= 15 is 0 Å². The normalized spacial score (nSPS) is 20.3. The van der Waals surface area contributed by atoms with Gasteiger partial charge in [-0.05, 0) is 64.1 Å². The Morgan fingerprint density at radius 2 is 1.64 bits per heavy atom. The average Bonchev–Trinajstić information content (AvgIpc) is 2.60. The molecule has 136 valence electrons. The zero-order chi connectivity index (χ0) is 17.6. The van der Waals surface area contributed by atoms with Gasteiger partial charge in [0.15, 0.2) is 0 Å². The van der Waals surface area contributed by atoms with Gasteiger partial charge in [0.1, 0.15) is 0 Å². The van der Waals surface area contributed by atoms with Crippen molar-refractivity contribution in [2.75, 3.05) is 32.7 Å². The minimum absolute atomic E-state index is 0.332. The molecule has 0 N–H and O–H groups in total. The molecular formula is C22H32N2O. The molecule has 0 spiro atoms. The highest BCUT2D eigenvalue weighted by Gasteiger charge is 2.23. The number of amides is 1. The molecule has 3 nitrogen and oxygen atoms in total. The van der Waals surface area contributed by atoms with E-state index in [1.54, 1.807) is 0 Å². The number of hydrogen-bond acceptors (Lipinski definition) is 2. The molecule has 0 saturated carbocycles. The van der Waals surface area contributed by atoms with Gasteiger partial charge in [0.25, 0.3) is 0 Å². The van der Waals surface area contributed by atoms with Crippen LogP contribution in [0.5, 0.6) is 0 Å². The maximum atomic E-state index is 12.5. The number of benzene rings is 1. The van der Waals surface area contributed by atoms with Gasteiger partial charge in [-0.25, -0.2) is 0 Å². The molecule has 2 aliphatic heterocycles. The van der Waals surface area contributed by atoms with E-state index in [1.807, 2.05) is 0 Å². The zero-order valence-corrected chi connectivity index (χ0v) is 15.8. The Labute approximate surface area is 152 Å². The third kappa shape index (κ3) is 5.43. The highest BCUT2D eigenvalue weighted by atomic mass is 16.2. The Morgan fingerprint density at radius 1 is 1.00 bits per heavy atom. The van der Waals surface area contributed by atoms with E-state index in [4.69, 9.17) is 0 Å². The SMILES string of the molecule is Cc1cc(C)cc(/C=C/C2CCN(C(=O)CN3CCCCC3)CC2)c1. The van der Waals surface area contributed by atoms with Gasteiger partial charge in [-0.1, -0.05) is 47.9 Å². The van der Waals surface area contributed by atoms with Crippen LogP contribution in [0, 0.1) is 19.8 Å². The quantitative estimate of drug-likeness (QED) is 0.826. The molecular weight excluding hydrogens is 308 g/mol. The largest absolute Gasteiger partial charge is 0.342 e. The van der Waals surface area contributed by atoms with Gasteiger partial charge in [0.2, 0.25) is 5.91 Å². The summed E-state index contributed by atoms with van der Waals surface area (Å²) < 4.78 is 0. The van der Waals surface area contributed by atoms with Gasteiger partial charge in [0, 0.05) is 13.1 Å². The molecule has 0 radical (unpaired) electrons. The van der Waals surface area contributed by atoms with E-state index < -0.39 is 0 Å². The standard InChI is InChI=1S/C22H32N2O/c1-18-14-19(2)16-21(15-18)7-6-20-8-12-24(13-9-20)22(25)17-23-10-4-3-5-11-23/h6-7,14-16,20H,3-5,8-13,17H2,1-2H3/b7-6+. The summed E-state index contributed by atoms with van der Waals surface area (Å²) >= 11 is 0. The predicted molar refractivity (Wildman–Crippen MR) is 105 cm³/mol. The second-order valence-electron chi connectivity index (χ2n) is 7.84. The van der Waals surface area contributed by atoms with E-state index in [0.717, 1.165) is 39.0 Å². The van der Waals surface area contributed by atoms with Crippen molar-refractivity contribution >= 4 is 12.0 Å². The Morgan fingerprint density at radius 3 is 2.28 bits per heavy atom. The fourth-order valence-corrected chi connectivity index (χ4v) is 4.10. The summed E-state index contributed by atoms with van der Waals surface area (Å²) in [6, 6.07) is 6.69. The molecule has 1 aromatic carbocycles. The number of allylic oxidation sites excluding steroid dienone is 1. The Balaban J connectivity index is 1.46. The first-order valence-corrected chi connectivity index (χ1v) is 9.87. The van der Waals surface area contributed by atoms with Gasteiger partial charge in [-0.2, -0.15) is 0 Å². The molecule has 2 heterocycles. The van der Waals surface area contributed by atoms with Gasteiger partial charge >= 0.3 is 0 Å². The van der Waals surface area contributed by atoms with Crippen molar-refractivity contribution in [1.29, 1.82) is 0 Å². The first-order chi connectivity index (χ1) is 12.1. The first-order valence-electron chi connectivity index (χ1n) is 9.87. The zero-order valence-electron chi connectivity index (χ0n) is 15.8. The smallest absolute Gasteiger partial charge is 0.236 e. The van der Waals surface area contributed by atoms with Crippen LogP contribution in [-0.4, -0.2) is 48.4 Å². The number of piperidine rings is 2. The van der Waals surface area contributed by atoms with Gasteiger partial charge < -0.3 is 4.90 Å². The molecule has 0 aliphatic carbocycles. The number of carbonyl (C=O) groups is 1. The minimum Gasteiger partial charge on any atom is -0.342 e. The van der Waals surface area contributed by atoms with Crippen LogP contribution in [0.4, 0.5) is 0 Å². The molecule has 3 rings (SSSR count). The van der Waals surface area contributed by atoms with Crippen LogP contribution >= 0.6 is 0 Å². The third-order valence-electron chi connectivity index (χ3n) is 5.50. The van der Waals surface area contributed by atoms with Crippen LogP contribution < -0.4 is 0 Å². The molecule has 1 amide bonds. The molecule has 2 aliphatic rings. The average molecular weight is 341 g/mol. The molecule has 2 saturated heterocycles. The molecule has 0 bridgehead atoms. The Kier molecular flexibility index (Phi) is 6.30. The number of carbonyl (C=O) groups excluding carboxylic acids is 1. The maximum absolute atomic E-state index is 12.5. The number of aryl methyl sites for hydroxylation is 2. The summed E-state index contributed by atoms with van der Waals surface area (Å²) in [6.45, 7) is 8.95. The lowest BCUT2D eigenvalue weighted by Crippen LogP contribution is -2.45. The van der Waals surface area contributed by atoms with Crippen molar-refractivity contribution in [3.63, 3.8) is 0 Å². The van der Waals surface area contributed by atoms with Crippen molar-refractivity contribution in [1.82, 2.24) is 9.80 Å². The molecule has 1 aromatic rings. The lowest BCUT2D eigenvalue weighted by Gasteiger charge is -2.33. The monoisotopic (exact) mass is 340 g/mol. The predicted octanol–water partition coefficient (Wildman–Crippen LogP) is 4.04. The van der Waals surface area contributed by atoms with Gasteiger partial charge in [-0.3, -0.25) is 9.69 Å². The fourth-order valence-electron chi connectivity index (χ4n) is 4.10. The summed E-state index contributed by atoms with van der Waals surface area (Å²) in [5.74, 6) is 0.929. The van der Waals surface area contributed by atoms with Crippen molar-refractivity contribution < 1.29 is 4.79 Å². The van der Waals surface area contributed by atoms with Gasteiger partial charge in [-0.15, -0.1) is 0 Å². The van der Waals surface area contributed by atoms with Crippen LogP contribution in [0.15, 0.2) is 24.3 Å². The minimum atomic E-state index is 0.332. The first kappa shape index (κ1) is 18.2. The fraction of sp³-hybridized carbons (Fsp3) is 0.591. The van der Waals surface area contributed by atoms with Gasteiger partial charge in [0.05, 0.1) is 6.54 Å². The van der Waals surface area contributed by atoms with Crippen LogP contribution in [0.2, 0.25) is 0 Å². The van der Waals surface area contributed by atoms with Crippen molar-refractivity contribution in [3.8, 4) is 0 Å². The van der Waals surface area contributed by atoms with Crippen LogP contribution in [0.25, 0.3) is 6.08 Å². The maximum Gasteiger partial charge on any atom is 0.236 e. The van der Waals surface area contributed by atoms with E-state index in [-0.39, 0.29) is 0 Å².